The fourth-order valence-corrected chi connectivity index (χ4v) is 8.40. The van der Waals surface area contributed by atoms with Crippen molar-refractivity contribution in [3.8, 4) is 0 Å². The molecule has 0 aliphatic rings. The van der Waals surface area contributed by atoms with Gasteiger partial charge >= 0.3 is 0 Å². The molecule has 0 unspecified atom stereocenters. The van der Waals surface area contributed by atoms with Gasteiger partial charge in [0, 0.05) is 12.7 Å². The second-order valence-corrected chi connectivity index (χ2v) is 13.0. The molecular weight excluding hydrogens is 372 g/mol. The van der Waals surface area contributed by atoms with E-state index in [9.17, 15) is 4.79 Å². The molecule has 146 valence electrons. The molecule has 0 atom stereocenters. The van der Waals surface area contributed by atoms with Gasteiger partial charge in [0.2, 0.25) is 0 Å². The highest BCUT2D eigenvalue weighted by Gasteiger charge is 2.49. The predicted octanol–water partition coefficient (Wildman–Crippen LogP) is 3.86. The van der Waals surface area contributed by atoms with E-state index in [2.05, 4.69) is 69.3 Å². The first-order chi connectivity index (χ1) is 12.9. The summed E-state index contributed by atoms with van der Waals surface area (Å²) in [4.78, 5) is 11.0. The van der Waals surface area contributed by atoms with Crippen LogP contribution in [0.5, 0.6) is 0 Å². The zero-order valence-corrected chi connectivity index (χ0v) is 18.6. The SMILES string of the molecule is CC(=O)SCCOCCO[Si](c1ccccc1)(c1ccccc1)C(C)(C)C. The van der Waals surface area contributed by atoms with Crippen LogP contribution in [0.1, 0.15) is 27.7 Å². The molecule has 0 amide bonds. The second kappa shape index (κ2) is 10.2. The van der Waals surface area contributed by atoms with Crippen LogP contribution in [0.15, 0.2) is 60.7 Å². The summed E-state index contributed by atoms with van der Waals surface area (Å²) >= 11 is 1.30. The summed E-state index contributed by atoms with van der Waals surface area (Å²) in [5.41, 5.74) is 0. The predicted molar refractivity (Wildman–Crippen MR) is 118 cm³/mol. The van der Waals surface area contributed by atoms with Gasteiger partial charge in [0.05, 0.1) is 19.8 Å². The lowest BCUT2D eigenvalue weighted by Gasteiger charge is -2.43. The van der Waals surface area contributed by atoms with Crippen molar-refractivity contribution in [2.75, 3.05) is 25.6 Å². The molecule has 0 heterocycles. The minimum Gasteiger partial charge on any atom is -0.405 e. The molecule has 0 bridgehead atoms. The molecule has 2 aromatic rings. The van der Waals surface area contributed by atoms with Crippen molar-refractivity contribution in [2.45, 2.75) is 32.7 Å². The standard InChI is InChI=1S/C22H30O3SSi/c1-19(23)26-18-17-24-15-16-25-27(22(2,3)4,20-11-7-5-8-12-20)21-13-9-6-10-14-21/h5-14H,15-18H2,1-4H3. The van der Waals surface area contributed by atoms with E-state index >= 15 is 0 Å². The largest absolute Gasteiger partial charge is 0.405 e. The van der Waals surface area contributed by atoms with Crippen LogP contribution in [-0.2, 0) is 14.0 Å². The highest BCUT2D eigenvalue weighted by molar-refractivity contribution is 8.13. The van der Waals surface area contributed by atoms with Crippen LogP contribution in [0.2, 0.25) is 5.04 Å². The maximum atomic E-state index is 11.0. The molecule has 0 saturated heterocycles. The first kappa shape index (κ1) is 21.9. The molecule has 0 aliphatic heterocycles. The summed E-state index contributed by atoms with van der Waals surface area (Å²) in [7, 11) is -2.48. The Kier molecular flexibility index (Phi) is 8.29. The first-order valence-corrected chi connectivity index (χ1v) is 12.2. The number of carbonyl (C=O) groups is 1. The molecule has 0 spiro atoms. The average Bonchev–Trinajstić information content (AvgIpc) is 2.64. The van der Waals surface area contributed by atoms with Gasteiger partial charge in [0.25, 0.3) is 8.32 Å². The summed E-state index contributed by atoms with van der Waals surface area (Å²) < 4.78 is 12.4. The molecule has 0 saturated carbocycles. The van der Waals surface area contributed by atoms with E-state index in [1.165, 1.54) is 22.1 Å². The third-order valence-corrected chi connectivity index (χ3v) is 10.3. The Labute approximate surface area is 168 Å². The fraction of sp³-hybridized carbons (Fsp3) is 0.409. The van der Waals surface area contributed by atoms with Crippen LogP contribution < -0.4 is 10.4 Å². The monoisotopic (exact) mass is 402 g/mol. The molecule has 0 aromatic heterocycles. The lowest BCUT2D eigenvalue weighted by molar-refractivity contribution is -0.109. The van der Waals surface area contributed by atoms with E-state index in [0.717, 1.165) is 0 Å². The van der Waals surface area contributed by atoms with Gasteiger partial charge in [-0.25, -0.2) is 0 Å². The highest BCUT2D eigenvalue weighted by Crippen LogP contribution is 2.36. The molecule has 5 heteroatoms. The minimum absolute atomic E-state index is 0.0276. The Balaban J connectivity index is 2.19. The van der Waals surface area contributed by atoms with E-state index < -0.39 is 8.32 Å². The number of benzene rings is 2. The smallest absolute Gasteiger partial charge is 0.261 e. The molecule has 0 N–H and O–H groups in total. The summed E-state index contributed by atoms with van der Waals surface area (Å²) in [5.74, 6) is 0.689. The molecule has 0 fully saturated rings. The Hall–Kier alpha value is -1.40. The normalized spacial score (nSPS) is 12.1. The lowest BCUT2D eigenvalue weighted by Crippen LogP contribution is -2.66. The topological polar surface area (TPSA) is 35.5 Å². The van der Waals surface area contributed by atoms with Gasteiger partial charge in [-0.1, -0.05) is 93.2 Å². The Morgan fingerprint density at radius 2 is 1.41 bits per heavy atom. The van der Waals surface area contributed by atoms with Crippen LogP contribution in [0.25, 0.3) is 0 Å². The first-order valence-electron chi connectivity index (χ1n) is 9.34. The van der Waals surface area contributed by atoms with Crippen molar-refractivity contribution in [3.05, 3.63) is 60.7 Å². The van der Waals surface area contributed by atoms with Crippen molar-refractivity contribution in [2.24, 2.45) is 0 Å². The molecule has 2 aromatic carbocycles. The van der Waals surface area contributed by atoms with Gasteiger partial charge in [-0.2, -0.15) is 0 Å². The quantitative estimate of drug-likeness (QED) is 0.471. The van der Waals surface area contributed by atoms with Gasteiger partial charge < -0.3 is 9.16 Å². The maximum Gasteiger partial charge on any atom is 0.261 e. The minimum atomic E-state index is -2.48. The average molecular weight is 403 g/mol. The maximum absolute atomic E-state index is 11.0. The summed E-state index contributed by atoms with van der Waals surface area (Å²) in [5, 5.41) is 2.65. The van der Waals surface area contributed by atoms with E-state index in [1.807, 2.05) is 12.1 Å². The third kappa shape index (κ3) is 5.78. The van der Waals surface area contributed by atoms with Gasteiger partial charge in [0.15, 0.2) is 5.12 Å². The number of carbonyl (C=O) groups excluding carboxylic acids is 1. The summed E-state index contributed by atoms with van der Waals surface area (Å²) in [6, 6.07) is 21.2. The molecule has 3 nitrogen and oxygen atoms in total. The molecule has 0 radical (unpaired) electrons. The number of ether oxygens (including phenoxy) is 1. The van der Waals surface area contributed by atoms with Crippen molar-refractivity contribution in [1.29, 1.82) is 0 Å². The van der Waals surface area contributed by atoms with Crippen LogP contribution in [0.3, 0.4) is 0 Å². The van der Waals surface area contributed by atoms with Gasteiger partial charge in [-0.05, 0) is 15.4 Å². The van der Waals surface area contributed by atoms with Gasteiger partial charge in [-0.3, -0.25) is 4.79 Å². The summed E-state index contributed by atoms with van der Waals surface area (Å²) in [6.07, 6.45) is 0. The number of hydrogen-bond acceptors (Lipinski definition) is 4. The van der Waals surface area contributed by atoms with E-state index in [0.29, 0.717) is 25.6 Å². The zero-order chi connectivity index (χ0) is 19.8. The summed E-state index contributed by atoms with van der Waals surface area (Å²) in [6.45, 7) is 10.0. The number of rotatable bonds is 9. The van der Waals surface area contributed by atoms with Crippen molar-refractivity contribution < 1.29 is 14.0 Å². The third-order valence-electron chi connectivity index (χ3n) is 4.50. The van der Waals surface area contributed by atoms with Gasteiger partial charge in [-0.15, -0.1) is 0 Å². The second-order valence-electron chi connectivity index (χ2n) is 7.46. The zero-order valence-electron chi connectivity index (χ0n) is 16.7. The molecule has 2 rings (SSSR count). The highest BCUT2D eigenvalue weighted by atomic mass is 32.2. The van der Waals surface area contributed by atoms with Crippen LogP contribution >= 0.6 is 11.8 Å². The number of thioether (sulfide) groups is 1. The van der Waals surface area contributed by atoms with Crippen molar-refractivity contribution in [1.82, 2.24) is 0 Å². The molecule has 27 heavy (non-hydrogen) atoms. The fourth-order valence-electron chi connectivity index (χ4n) is 3.36. The van der Waals surface area contributed by atoms with E-state index in [4.69, 9.17) is 9.16 Å². The Morgan fingerprint density at radius 1 is 0.889 bits per heavy atom. The van der Waals surface area contributed by atoms with E-state index in [1.54, 1.807) is 6.92 Å². The van der Waals surface area contributed by atoms with Crippen LogP contribution in [0.4, 0.5) is 0 Å². The van der Waals surface area contributed by atoms with Crippen molar-refractivity contribution in [3.63, 3.8) is 0 Å². The van der Waals surface area contributed by atoms with Gasteiger partial charge in [0.1, 0.15) is 0 Å². The number of hydrogen-bond donors (Lipinski definition) is 0. The Morgan fingerprint density at radius 3 is 1.85 bits per heavy atom. The lowest BCUT2D eigenvalue weighted by atomic mass is 10.2. The van der Waals surface area contributed by atoms with Crippen LogP contribution in [0, 0.1) is 0 Å². The van der Waals surface area contributed by atoms with Crippen LogP contribution in [-0.4, -0.2) is 39.0 Å². The molecule has 0 aliphatic carbocycles. The Bertz CT molecular complexity index is 659. The molecular formula is C22H30O3SSi. The van der Waals surface area contributed by atoms with E-state index in [-0.39, 0.29) is 10.2 Å². The van der Waals surface area contributed by atoms with Crippen molar-refractivity contribution >= 4 is 35.6 Å².